The lowest BCUT2D eigenvalue weighted by atomic mass is 10.2. The Bertz CT molecular complexity index is 1030. The van der Waals surface area contributed by atoms with Crippen molar-refractivity contribution in [1.29, 1.82) is 0 Å². The molecule has 1 saturated heterocycles. The lowest BCUT2D eigenvalue weighted by Gasteiger charge is -2.06. The molecule has 1 heterocycles. The minimum Gasteiger partial charge on any atom is -0.481 e. The van der Waals surface area contributed by atoms with Crippen LogP contribution in [0.5, 0.6) is 5.75 Å². The van der Waals surface area contributed by atoms with Crippen molar-refractivity contribution >= 4 is 79.7 Å². The van der Waals surface area contributed by atoms with E-state index in [-0.39, 0.29) is 5.91 Å². The highest BCUT2D eigenvalue weighted by Crippen LogP contribution is 2.32. The van der Waals surface area contributed by atoms with E-state index in [0.29, 0.717) is 36.0 Å². The van der Waals surface area contributed by atoms with E-state index in [4.69, 9.17) is 33.0 Å². The van der Waals surface area contributed by atoms with Crippen LogP contribution in [-0.4, -0.2) is 28.8 Å². The van der Waals surface area contributed by atoms with Crippen LogP contribution in [0.3, 0.4) is 0 Å². The van der Waals surface area contributed by atoms with E-state index in [1.165, 1.54) is 11.8 Å². The van der Waals surface area contributed by atoms with Crippen molar-refractivity contribution < 1.29 is 19.4 Å². The molecule has 0 unspecified atom stereocenters. The van der Waals surface area contributed by atoms with Crippen LogP contribution in [0.15, 0.2) is 50.8 Å². The first-order valence-corrected chi connectivity index (χ1v) is 10.1. The Morgan fingerprint density at radius 1 is 1.25 bits per heavy atom. The van der Waals surface area contributed by atoms with Gasteiger partial charge in [0.2, 0.25) is 0 Å². The number of aliphatic imine (C=N–C) groups is 1. The summed E-state index contributed by atoms with van der Waals surface area (Å²) in [6, 6.07) is 10.0. The summed E-state index contributed by atoms with van der Waals surface area (Å²) in [7, 11) is 0. The van der Waals surface area contributed by atoms with E-state index in [0.717, 1.165) is 5.56 Å². The number of amides is 1. The maximum Gasteiger partial charge on any atom is 0.341 e. The first-order valence-electron chi connectivity index (χ1n) is 7.70. The van der Waals surface area contributed by atoms with Gasteiger partial charge in [-0.2, -0.15) is 0 Å². The van der Waals surface area contributed by atoms with Crippen LogP contribution in [0.1, 0.15) is 5.56 Å². The fraction of sp³-hybridized carbons (Fsp3) is 0.0556. The van der Waals surface area contributed by atoms with Gasteiger partial charge in [-0.15, -0.1) is 0 Å². The highest BCUT2D eigenvalue weighted by Gasteiger charge is 2.24. The molecule has 0 aromatic heterocycles. The average molecular weight is 502 g/mol. The molecule has 1 amide bonds. The number of amidine groups is 1. The zero-order valence-corrected chi connectivity index (χ0v) is 17.8. The van der Waals surface area contributed by atoms with Crippen molar-refractivity contribution in [3.8, 4) is 5.75 Å². The quantitative estimate of drug-likeness (QED) is 0.555. The normalized spacial score (nSPS) is 16.5. The molecular weight excluding hydrogens is 491 g/mol. The van der Waals surface area contributed by atoms with Crippen LogP contribution in [0, 0.1) is 0 Å². The van der Waals surface area contributed by atoms with Crippen molar-refractivity contribution in [3.05, 3.63) is 61.4 Å². The predicted molar refractivity (Wildman–Crippen MR) is 115 cm³/mol. The molecule has 2 aromatic rings. The largest absolute Gasteiger partial charge is 0.481 e. The second kappa shape index (κ2) is 9.00. The standard InChI is InChI=1S/C18H11BrCl2N2O4S/c19-11-5-9(1-4-14(11)27-8-16(24)25)6-15-17(26)23-18(28-15)22-10-2-3-12(20)13(21)7-10/h1-7H,8H2,(H,24,25)(H,22,23,26)/b15-6+. The summed E-state index contributed by atoms with van der Waals surface area (Å²) in [5.41, 5.74) is 1.31. The molecule has 2 N–H and O–H groups in total. The lowest BCUT2D eigenvalue weighted by molar-refractivity contribution is -0.139. The third-order valence-corrected chi connectivity index (χ3v) is 5.66. The highest BCUT2D eigenvalue weighted by atomic mass is 79.9. The lowest BCUT2D eigenvalue weighted by Crippen LogP contribution is -2.19. The van der Waals surface area contributed by atoms with Gasteiger partial charge in [-0.1, -0.05) is 29.3 Å². The van der Waals surface area contributed by atoms with Gasteiger partial charge in [-0.05, 0) is 69.7 Å². The van der Waals surface area contributed by atoms with Crippen LogP contribution >= 0.6 is 50.9 Å². The average Bonchev–Trinajstić information content (AvgIpc) is 2.96. The Morgan fingerprint density at radius 3 is 2.71 bits per heavy atom. The van der Waals surface area contributed by atoms with Crippen LogP contribution < -0.4 is 10.1 Å². The number of nitrogens with one attached hydrogen (secondary N) is 1. The SMILES string of the molecule is O=C(O)COc1ccc(/C=C2/SC(=Nc3ccc(Cl)c(Cl)c3)NC2=O)cc1Br. The number of thioether (sulfide) groups is 1. The number of carboxylic acids is 1. The molecule has 0 bridgehead atoms. The molecule has 2 aromatic carbocycles. The van der Waals surface area contributed by atoms with Crippen LogP contribution in [0.2, 0.25) is 10.0 Å². The number of rotatable bonds is 5. The molecule has 0 aliphatic carbocycles. The molecule has 1 fully saturated rings. The molecule has 6 nitrogen and oxygen atoms in total. The number of ether oxygens (including phenoxy) is 1. The van der Waals surface area contributed by atoms with Gasteiger partial charge in [0.25, 0.3) is 5.91 Å². The Morgan fingerprint density at radius 2 is 2.04 bits per heavy atom. The van der Waals surface area contributed by atoms with Gasteiger partial charge < -0.3 is 15.2 Å². The number of carboxylic acid groups (broad SMARTS) is 1. The molecule has 28 heavy (non-hydrogen) atoms. The number of halogens is 3. The van der Waals surface area contributed by atoms with Gasteiger partial charge in [0.05, 0.1) is 25.1 Å². The monoisotopic (exact) mass is 500 g/mol. The van der Waals surface area contributed by atoms with Gasteiger partial charge in [-0.25, -0.2) is 9.79 Å². The minimum absolute atomic E-state index is 0.272. The molecule has 144 valence electrons. The van der Waals surface area contributed by atoms with E-state index >= 15 is 0 Å². The van der Waals surface area contributed by atoms with Crippen molar-refractivity contribution in [1.82, 2.24) is 5.32 Å². The Labute approximate surface area is 182 Å². The first-order chi connectivity index (χ1) is 13.3. The van der Waals surface area contributed by atoms with Crippen molar-refractivity contribution in [2.24, 2.45) is 4.99 Å². The first kappa shape index (κ1) is 20.7. The zero-order chi connectivity index (χ0) is 20.3. The smallest absolute Gasteiger partial charge is 0.341 e. The summed E-state index contributed by atoms with van der Waals surface area (Å²) >= 11 is 16.4. The van der Waals surface area contributed by atoms with Crippen molar-refractivity contribution in [2.75, 3.05) is 6.61 Å². The number of carbonyl (C=O) groups is 2. The molecule has 0 saturated carbocycles. The van der Waals surface area contributed by atoms with Gasteiger partial charge in [0.1, 0.15) is 5.75 Å². The number of aliphatic carboxylic acids is 1. The summed E-state index contributed by atoms with van der Waals surface area (Å²) < 4.78 is 5.73. The van der Waals surface area contributed by atoms with Gasteiger partial charge in [0.15, 0.2) is 11.8 Å². The molecule has 0 atom stereocenters. The van der Waals surface area contributed by atoms with Gasteiger partial charge in [0, 0.05) is 0 Å². The molecular formula is C18H11BrCl2N2O4S. The second-order valence-electron chi connectivity index (χ2n) is 5.45. The summed E-state index contributed by atoms with van der Waals surface area (Å²) in [5.74, 6) is -0.938. The summed E-state index contributed by atoms with van der Waals surface area (Å²) in [6.45, 7) is -0.439. The predicted octanol–water partition coefficient (Wildman–Crippen LogP) is 5.11. The number of carbonyl (C=O) groups excluding carboxylic acids is 1. The molecule has 10 heteroatoms. The Kier molecular flexibility index (Phi) is 6.66. The molecule has 3 rings (SSSR count). The number of hydrogen-bond donors (Lipinski definition) is 2. The van der Waals surface area contributed by atoms with Crippen molar-refractivity contribution in [2.45, 2.75) is 0 Å². The Balaban J connectivity index is 1.76. The van der Waals surface area contributed by atoms with Gasteiger partial charge in [-0.3, -0.25) is 4.79 Å². The van der Waals surface area contributed by atoms with E-state index in [9.17, 15) is 9.59 Å². The summed E-state index contributed by atoms with van der Waals surface area (Å²) in [6.07, 6.45) is 1.70. The third kappa shape index (κ3) is 5.29. The maximum atomic E-state index is 12.2. The number of nitrogens with zero attached hydrogens (tertiary/aromatic N) is 1. The number of benzene rings is 2. The van der Waals surface area contributed by atoms with E-state index in [2.05, 4.69) is 26.2 Å². The summed E-state index contributed by atoms with van der Waals surface area (Å²) in [5, 5.41) is 12.6. The highest BCUT2D eigenvalue weighted by molar-refractivity contribution is 9.10. The van der Waals surface area contributed by atoms with Crippen LogP contribution in [0.4, 0.5) is 5.69 Å². The summed E-state index contributed by atoms with van der Waals surface area (Å²) in [4.78, 5) is 27.6. The molecule has 1 aliphatic rings. The van der Waals surface area contributed by atoms with Crippen LogP contribution in [0.25, 0.3) is 6.08 Å². The van der Waals surface area contributed by atoms with E-state index in [1.54, 1.807) is 42.5 Å². The fourth-order valence-electron chi connectivity index (χ4n) is 2.17. The molecule has 0 spiro atoms. The third-order valence-electron chi connectivity index (χ3n) is 3.39. The van der Waals surface area contributed by atoms with E-state index < -0.39 is 12.6 Å². The molecule has 1 aliphatic heterocycles. The second-order valence-corrected chi connectivity index (χ2v) is 8.15. The topological polar surface area (TPSA) is 88.0 Å². The minimum atomic E-state index is -1.06. The fourth-order valence-corrected chi connectivity index (χ4v) is 3.81. The maximum absolute atomic E-state index is 12.2. The zero-order valence-electron chi connectivity index (χ0n) is 13.9. The van der Waals surface area contributed by atoms with Gasteiger partial charge >= 0.3 is 5.97 Å². The number of hydrogen-bond acceptors (Lipinski definition) is 5. The Hall–Kier alpha value is -2.00. The molecule has 0 radical (unpaired) electrons. The van der Waals surface area contributed by atoms with Crippen LogP contribution in [-0.2, 0) is 9.59 Å². The van der Waals surface area contributed by atoms with E-state index in [1.807, 2.05) is 0 Å². The van der Waals surface area contributed by atoms with Crippen molar-refractivity contribution in [3.63, 3.8) is 0 Å².